The fraction of sp³-hybridized carbons (Fsp3) is 0.333. The second kappa shape index (κ2) is 12.2. The van der Waals surface area contributed by atoms with Gasteiger partial charge < -0.3 is 19.8 Å². The molecule has 0 aromatic heterocycles. The molecule has 0 bridgehead atoms. The molecule has 5 rings (SSSR count). The summed E-state index contributed by atoms with van der Waals surface area (Å²) in [4.78, 5) is 26.3. The molecule has 0 spiro atoms. The fourth-order valence-corrected chi connectivity index (χ4v) is 5.88. The lowest BCUT2D eigenvalue weighted by Gasteiger charge is -2.35. The van der Waals surface area contributed by atoms with E-state index in [0.29, 0.717) is 60.8 Å². The van der Waals surface area contributed by atoms with Gasteiger partial charge in [0.2, 0.25) is 0 Å². The highest BCUT2D eigenvalue weighted by molar-refractivity contribution is 6.04. The smallest absolute Gasteiger partial charge is 0.416 e. The molecule has 45 heavy (non-hydrogen) atoms. The molecule has 9 heteroatoms. The number of halogens is 3. The molecule has 4 aromatic carbocycles. The first-order valence-electron chi connectivity index (χ1n) is 14.9. The molecule has 0 atom stereocenters. The summed E-state index contributed by atoms with van der Waals surface area (Å²) in [6, 6.07) is 20.9. The van der Waals surface area contributed by atoms with Crippen molar-refractivity contribution >= 4 is 22.8 Å². The quantitative estimate of drug-likeness (QED) is 0.238. The highest BCUT2D eigenvalue weighted by Gasteiger charge is 2.33. The monoisotopic (exact) mass is 619 g/mol. The number of alkyl halides is 3. The van der Waals surface area contributed by atoms with Gasteiger partial charge in [-0.15, -0.1) is 0 Å². The zero-order valence-corrected chi connectivity index (χ0v) is 25.4. The van der Waals surface area contributed by atoms with Crippen molar-refractivity contribution in [2.45, 2.75) is 63.8 Å². The molecule has 1 aliphatic heterocycles. The number of hydrogen-bond acceptors (Lipinski definition) is 4. The first-order chi connectivity index (χ1) is 21.1. The number of ether oxygens (including phenoxy) is 1. The maximum Gasteiger partial charge on any atom is 0.416 e. The van der Waals surface area contributed by atoms with Crippen LogP contribution in [0.15, 0.2) is 78.9 Å². The molecule has 1 aliphatic rings. The summed E-state index contributed by atoms with van der Waals surface area (Å²) < 4.78 is 44.6. The Hall–Kier alpha value is -4.37. The number of benzene rings is 4. The Bertz CT molecular complexity index is 1700. The number of hydrogen-bond donors (Lipinski definition) is 2. The number of aromatic carboxylic acids is 1. The molecule has 2 N–H and O–H groups in total. The number of carboxylic acids is 1. The SMILES string of the molecule is CC(C)(C)OC(=O)N1CCCC(O)(c2ccc(-c3cc(C(=O)O)cc4cc(-c5ccc(C(F)(F)F)cc5)ccc34)cc2)CCC1. The van der Waals surface area contributed by atoms with E-state index in [1.807, 2.05) is 51.1 Å². The Kier molecular flexibility index (Phi) is 8.68. The van der Waals surface area contributed by atoms with Crippen molar-refractivity contribution in [3.63, 3.8) is 0 Å². The Labute approximate surface area is 260 Å². The van der Waals surface area contributed by atoms with E-state index in [2.05, 4.69) is 0 Å². The summed E-state index contributed by atoms with van der Waals surface area (Å²) >= 11 is 0. The Morgan fingerprint density at radius 1 is 0.800 bits per heavy atom. The van der Waals surface area contributed by atoms with Crippen molar-refractivity contribution in [2.75, 3.05) is 13.1 Å². The van der Waals surface area contributed by atoms with Crippen molar-refractivity contribution in [1.82, 2.24) is 4.90 Å². The summed E-state index contributed by atoms with van der Waals surface area (Å²) in [5.74, 6) is -1.10. The van der Waals surface area contributed by atoms with E-state index in [1.165, 1.54) is 12.1 Å². The minimum atomic E-state index is -4.43. The molecule has 0 unspecified atom stereocenters. The minimum Gasteiger partial charge on any atom is -0.478 e. The van der Waals surface area contributed by atoms with Crippen molar-refractivity contribution in [2.24, 2.45) is 0 Å². The zero-order valence-electron chi connectivity index (χ0n) is 25.4. The van der Waals surface area contributed by atoms with Crippen LogP contribution in [0.4, 0.5) is 18.0 Å². The molecule has 0 saturated carbocycles. The largest absolute Gasteiger partial charge is 0.478 e. The van der Waals surface area contributed by atoms with Crippen molar-refractivity contribution in [3.8, 4) is 22.3 Å². The summed E-state index contributed by atoms with van der Waals surface area (Å²) in [6.45, 7) is 6.46. The predicted octanol–water partition coefficient (Wildman–Crippen LogP) is 8.89. The van der Waals surface area contributed by atoms with Crippen LogP contribution >= 0.6 is 0 Å². The number of amides is 1. The normalized spacial score (nSPS) is 15.8. The van der Waals surface area contributed by atoms with Crippen LogP contribution in [0.3, 0.4) is 0 Å². The molecular formula is C36H36F3NO5. The molecule has 4 aromatic rings. The topological polar surface area (TPSA) is 87.1 Å². The first kappa shape index (κ1) is 32.0. The average molecular weight is 620 g/mol. The van der Waals surface area contributed by atoms with Gasteiger partial charge in [0.1, 0.15) is 5.60 Å². The molecule has 1 saturated heterocycles. The van der Waals surface area contributed by atoms with Crippen molar-refractivity contribution in [3.05, 3.63) is 95.6 Å². The average Bonchev–Trinajstić information content (AvgIpc) is 2.97. The number of aliphatic hydroxyl groups is 1. The van der Waals surface area contributed by atoms with Gasteiger partial charge in [-0.3, -0.25) is 0 Å². The second-order valence-electron chi connectivity index (χ2n) is 12.6. The van der Waals surface area contributed by atoms with Crippen LogP contribution in [-0.4, -0.2) is 45.9 Å². The van der Waals surface area contributed by atoms with Gasteiger partial charge in [0.25, 0.3) is 0 Å². The third-order valence-electron chi connectivity index (χ3n) is 8.17. The van der Waals surface area contributed by atoms with Gasteiger partial charge in [-0.1, -0.05) is 48.5 Å². The van der Waals surface area contributed by atoms with E-state index >= 15 is 0 Å². The number of carboxylic acid groups (broad SMARTS) is 1. The molecule has 1 heterocycles. The van der Waals surface area contributed by atoms with Crippen LogP contribution in [0, 0.1) is 0 Å². The lowest BCUT2D eigenvalue weighted by molar-refractivity contribution is -0.137. The second-order valence-corrected chi connectivity index (χ2v) is 12.6. The van der Waals surface area contributed by atoms with Gasteiger partial charge in [-0.2, -0.15) is 13.2 Å². The van der Waals surface area contributed by atoms with Gasteiger partial charge in [-0.05, 0) is 115 Å². The molecule has 1 amide bonds. The van der Waals surface area contributed by atoms with Gasteiger partial charge in [-0.25, -0.2) is 9.59 Å². The van der Waals surface area contributed by atoms with Gasteiger partial charge >= 0.3 is 18.2 Å². The number of carbonyl (C=O) groups is 2. The lowest BCUT2D eigenvalue weighted by atomic mass is 9.83. The summed E-state index contributed by atoms with van der Waals surface area (Å²) in [5.41, 5.74) is 1.14. The molecule has 0 radical (unpaired) electrons. The van der Waals surface area contributed by atoms with E-state index in [-0.39, 0.29) is 11.7 Å². The Morgan fingerprint density at radius 3 is 1.93 bits per heavy atom. The predicted molar refractivity (Wildman–Crippen MR) is 167 cm³/mol. The maximum atomic E-state index is 13.0. The van der Waals surface area contributed by atoms with Gasteiger partial charge in [0.15, 0.2) is 0 Å². The van der Waals surface area contributed by atoms with Crippen LogP contribution in [0.2, 0.25) is 0 Å². The van der Waals surface area contributed by atoms with Crippen LogP contribution < -0.4 is 0 Å². The number of carbonyl (C=O) groups excluding carboxylic acids is 1. The van der Waals surface area contributed by atoms with Crippen molar-refractivity contribution in [1.29, 1.82) is 0 Å². The number of fused-ring (bicyclic) bond motifs is 1. The fourth-order valence-electron chi connectivity index (χ4n) is 5.88. The molecule has 6 nitrogen and oxygen atoms in total. The van der Waals surface area contributed by atoms with E-state index < -0.39 is 28.9 Å². The summed E-state index contributed by atoms with van der Waals surface area (Å²) in [7, 11) is 0. The number of rotatable bonds is 4. The molecule has 0 aliphatic carbocycles. The maximum absolute atomic E-state index is 13.0. The minimum absolute atomic E-state index is 0.0827. The standard InChI is InChI=1S/C36H36F3NO5/c1-34(2,3)45-33(43)40-18-4-16-35(44,17-5-19-40)28-11-8-24(9-12-28)31-22-27(32(41)42)21-26-20-25(10-15-30(26)31)23-6-13-29(14-7-23)36(37,38)39/h6-15,20-22,44H,4-5,16-19H2,1-3H3,(H,41,42). The third kappa shape index (κ3) is 7.31. The summed E-state index contributed by atoms with van der Waals surface area (Å²) in [6.07, 6.45) is -2.64. The highest BCUT2D eigenvalue weighted by atomic mass is 19.4. The highest BCUT2D eigenvalue weighted by Crippen LogP contribution is 2.38. The number of likely N-dealkylation sites (tertiary alicyclic amines) is 1. The zero-order chi connectivity index (χ0) is 32.6. The van der Waals surface area contributed by atoms with E-state index in [9.17, 15) is 33.0 Å². The van der Waals surface area contributed by atoms with Crippen LogP contribution in [0.25, 0.3) is 33.0 Å². The third-order valence-corrected chi connectivity index (χ3v) is 8.17. The Morgan fingerprint density at radius 2 is 1.38 bits per heavy atom. The Balaban J connectivity index is 1.40. The van der Waals surface area contributed by atoms with Crippen LogP contribution in [-0.2, 0) is 16.5 Å². The van der Waals surface area contributed by atoms with E-state index in [4.69, 9.17) is 4.74 Å². The summed E-state index contributed by atoms with van der Waals surface area (Å²) in [5, 5.41) is 22.9. The van der Waals surface area contributed by atoms with E-state index in [0.717, 1.165) is 28.6 Å². The molecule has 236 valence electrons. The van der Waals surface area contributed by atoms with Gasteiger partial charge in [0, 0.05) is 13.1 Å². The van der Waals surface area contributed by atoms with Crippen molar-refractivity contribution < 1.29 is 37.7 Å². The molecular weight excluding hydrogens is 583 g/mol. The van der Waals surface area contributed by atoms with Crippen LogP contribution in [0.1, 0.15) is 67.9 Å². The van der Waals surface area contributed by atoms with Crippen LogP contribution in [0.5, 0.6) is 0 Å². The van der Waals surface area contributed by atoms with Gasteiger partial charge in [0.05, 0.1) is 16.7 Å². The van der Waals surface area contributed by atoms with E-state index in [1.54, 1.807) is 29.2 Å². The number of nitrogens with zero attached hydrogens (tertiary/aromatic N) is 1. The first-order valence-corrected chi connectivity index (χ1v) is 14.9. The molecule has 1 fully saturated rings. The lowest BCUT2D eigenvalue weighted by Crippen LogP contribution is -2.41.